The molecule has 0 bridgehead atoms. The maximum Gasteiger partial charge on any atom is 0.162 e. The van der Waals surface area contributed by atoms with Crippen molar-refractivity contribution in [2.75, 3.05) is 12.4 Å². The Morgan fingerprint density at radius 1 is 1.41 bits per heavy atom. The van der Waals surface area contributed by atoms with Gasteiger partial charge in [0.2, 0.25) is 0 Å². The minimum atomic E-state index is 0.209. The minimum Gasteiger partial charge on any atom is -0.377 e. The summed E-state index contributed by atoms with van der Waals surface area (Å²) in [5, 5.41) is 0. The van der Waals surface area contributed by atoms with Crippen LogP contribution in [0.25, 0.3) is 0 Å². The van der Waals surface area contributed by atoms with Crippen molar-refractivity contribution < 1.29 is 9.53 Å². The zero-order valence-electron chi connectivity index (χ0n) is 10.1. The van der Waals surface area contributed by atoms with Crippen LogP contribution < -0.4 is 0 Å². The van der Waals surface area contributed by atoms with Gasteiger partial charge in [-0.3, -0.25) is 4.79 Å². The smallest absolute Gasteiger partial charge is 0.162 e. The summed E-state index contributed by atoms with van der Waals surface area (Å²) < 4.78 is 5.58. The van der Waals surface area contributed by atoms with Gasteiger partial charge in [0.1, 0.15) is 0 Å². The van der Waals surface area contributed by atoms with Gasteiger partial charge in [0.25, 0.3) is 0 Å². The van der Waals surface area contributed by atoms with Crippen molar-refractivity contribution >= 4 is 17.5 Å². The molecule has 1 aromatic rings. The van der Waals surface area contributed by atoms with Gasteiger partial charge in [-0.1, -0.05) is 19.1 Å². The van der Waals surface area contributed by atoms with Crippen molar-refractivity contribution in [2.24, 2.45) is 0 Å². The standard InChI is InChI=1S/C14H18O2S/c1-2-14(15)11-5-7-13(8-6-11)17-10-12-4-3-9-16-12/h5-8,12H,2-4,9-10H2,1H3. The Bertz CT molecular complexity index is 366. The van der Waals surface area contributed by atoms with E-state index in [9.17, 15) is 4.79 Å². The molecule has 0 aromatic heterocycles. The number of carbonyl (C=O) groups is 1. The first-order valence-electron chi connectivity index (χ1n) is 6.17. The molecule has 1 aromatic carbocycles. The Morgan fingerprint density at radius 2 is 2.18 bits per heavy atom. The molecule has 0 amide bonds. The van der Waals surface area contributed by atoms with Gasteiger partial charge in [-0.15, -0.1) is 11.8 Å². The minimum absolute atomic E-state index is 0.209. The Balaban J connectivity index is 1.87. The van der Waals surface area contributed by atoms with Gasteiger partial charge in [0, 0.05) is 29.2 Å². The summed E-state index contributed by atoms with van der Waals surface area (Å²) >= 11 is 1.81. The second-order valence-corrected chi connectivity index (χ2v) is 5.34. The SMILES string of the molecule is CCC(=O)c1ccc(SCC2CCCO2)cc1. The molecule has 1 aliphatic rings. The van der Waals surface area contributed by atoms with E-state index in [0.29, 0.717) is 12.5 Å². The van der Waals surface area contributed by atoms with Crippen molar-refractivity contribution in [1.82, 2.24) is 0 Å². The number of carbonyl (C=O) groups excluding carboxylic acids is 1. The lowest BCUT2D eigenvalue weighted by atomic mass is 10.1. The van der Waals surface area contributed by atoms with Crippen molar-refractivity contribution in [2.45, 2.75) is 37.2 Å². The number of thioether (sulfide) groups is 1. The zero-order valence-corrected chi connectivity index (χ0v) is 11.0. The second-order valence-electron chi connectivity index (χ2n) is 4.25. The molecule has 1 aliphatic heterocycles. The van der Waals surface area contributed by atoms with Crippen LogP contribution in [0.5, 0.6) is 0 Å². The molecule has 0 saturated carbocycles. The number of ketones is 1. The van der Waals surface area contributed by atoms with Crippen molar-refractivity contribution in [1.29, 1.82) is 0 Å². The maximum atomic E-state index is 11.5. The van der Waals surface area contributed by atoms with E-state index in [4.69, 9.17) is 4.74 Å². The average Bonchev–Trinajstić information content (AvgIpc) is 2.89. The van der Waals surface area contributed by atoms with Gasteiger partial charge in [-0.2, -0.15) is 0 Å². The van der Waals surface area contributed by atoms with Crippen LogP contribution in [0.15, 0.2) is 29.2 Å². The summed E-state index contributed by atoms with van der Waals surface area (Å²) in [6, 6.07) is 7.90. The van der Waals surface area contributed by atoms with E-state index in [1.54, 1.807) is 0 Å². The molecule has 0 aliphatic carbocycles. The van der Waals surface area contributed by atoms with Crippen LogP contribution in [0, 0.1) is 0 Å². The molecule has 3 heteroatoms. The summed E-state index contributed by atoms with van der Waals surface area (Å²) in [5.41, 5.74) is 0.814. The molecule has 2 rings (SSSR count). The third-order valence-corrected chi connectivity index (χ3v) is 4.10. The first-order chi connectivity index (χ1) is 8.29. The normalized spacial score (nSPS) is 19.5. The summed E-state index contributed by atoms with van der Waals surface area (Å²) in [6.45, 7) is 2.80. The van der Waals surface area contributed by atoms with E-state index >= 15 is 0 Å². The second kappa shape index (κ2) is 6.22. The van der Waals surface area contributed by atoms with E-state index in [2.05, 4.69) is 0 Å². The highest BCUT2D eigenvalue weighted by Gasteiger charge is 2.15. The van der Waals surface area contributed by atoms with E-state index in [1.165, 1.54) is 17.7 Å². The molecule has 92 valence electrons. The Labute approximate surface area is 107 Å². The first-order valence-corrected chi connectivity index (χ1v) is 7.16. The van der Waals surface area contributed by atoms with E-state index in [-0.39, 0.29) is 5.78 Å². The predicted octanol–water partition coefficient (Wildman–Crippen LogP) is 3.55. The summed E-state index contributed by atoms with van der Waals surface area (Å²) in [5.74, 6) is 1.22. The van der Waals surface area contributed by atoms with Crippen LogP contribution in [-0.4, -0.2) is 24.2 Å². The topological polar surface area (TPSA) is 26.3 Å². The molecule has 1 heterocycles. The molecule has 0 radical (unpaired) electrons. The number of ether oxygens (including phenoxy) is 1. The number of benzene rings is 1. The van der Waals surface area contributed by atoms with E-state index in [1.807, 2.05) is 43.0 Å². The van der Waals surface area contributed by atoms with Crippen LogP contribution in [0.1, 0.15) is 36.5 Å². The predicted molar refractivity (Wildman–Crippen MR) is 70.8 cm³/mol. The lowest BCUT2D eigenvalue weighted by Gasteiger charge is -2.08. The molecule has 1 fully saturated rings. The largest absolute Gasteiger partial charge is 0.377 e. The first kappa shape index (κ1) is 12.7. The molecular formula is C14H18O2S. The number of rotatable bonds is 5. The molecule has 0 spiro atoms. The van der Waals surface area contributed by atoms with E-state index in [0.717, 1.165) is 17.9 Å². The average molecular weight is 250 g/mol. The molecule has 1 unspecified atom stereocenters. The fourth-order valence-electron chi connectivity index (χ4n) is 1.91. The van der Waals surface area contributed by atoms with E-state index < -0.39 is 0 Å². The zero-order chi connectivity index (χ0) is 12.1. The summed E-state index contributed by atoms with van der Waals surface area (Å²) in [7, 11) is 0. The van der Waals surface area contributed by atoms with Crippen molar-refractivity contribution in [3.8, 4) is 0 Å². The van der Waals surface area contributed by atoms with Crippen LogP contribution in [0.2, 0.25) is 0 Å². The quantitative estimate of drug-likeness (QED) is 0.590. The highest BCUT2D eigenvalue weighted by Crippen LogP contribution is 2.24. The van der Waals surface area contributed by atoms with Gasteiger partial charge in [-0.05, 0) is 25.0 Å². The van der Waals surface area contributed by atoms with Gasteiger partial charge < -0.3 is 4.74 Å². The number of Topliss-reactive ketones (excluding diaryl/α,β-unsaturated/α-hetero) is 1. The molecule has 2 nitrogen and oxygen atoms in total. The lowest BCUT2D eigenvalue weighted by molar-refractivity contribution is 0.0988. The maximum absolute atomic E-state index is 11.5. The third-order valence-electron chi connectivity index (χ3n) is 2.96. The fourth-order valence-corrected chi connectivity index (χ4v) is 2.88. The van der Waals surface area contributed by atoms with Crippen LogP contribution in [-0.2, 0) is 4.74 Å². The molecule has 17 heavy (non-hydrogen) atoms. The molecule has 1 saturated heterocycles. The third kappa shape index (κ3) is 3.58. The monoisotopic (exact) mass is 250 g/mol. The number of hydrogen-bond acceptors (Lipinski definition) is 3. The molecule has 1 atom stereocenters. The van der Waals surface area contributed by atoms with Gasteiger partial charge >= 0.3 is 0 Å². The van der Waals surface area contributed by atoms with Gasteiger partial charge in [0.15, 0.2) is 5.78 Å². The highest BCUT2D eigenvalue weighted by molar-refractivity contribution is 7.99. The Kier molecular flexibility index (Phi) is 4.63. The molecule has 0 N–H and O–H groups in total. The van der Waals surface area contributed by atoms with Crippen LogP contribution >= 0.6 is 11.8 Å². The number of hydrogen-bond donors (Lipinski definition) is 0. The lowest BCUT2D eigenvalue weighted by Crippen LogP contribution is -2.07. The van der Waals surface area contributed by atoms with Crippen LogP contribution in [0.4, 0.5) is 0 Å². The summed E-state index contributed by atoms with van der Waals surface area (Å²) in [6.07, 6.45) is 3.36. The van der Waals surface area contributed by atoms with Crippen molar-refractivity contribution in [3.05, 3.63) is 29.8 Å². The highest BCUT2D eigenvalue weighted by atomic mass is 32.2. The van der Waals surface area contributed by atoms with Gasteiger partial charge in [0.05, 0.1) is 6.10 Å². The Morgan fingerprint density at radius 3 is 2.76 bits per heavy atom. The van der Waals surface area contributed by atoms with Crippen LogP contribution in [0.3, 0.4) is 0 Å². The molecular weight excluding hydrogens is 232 g/mol. The Hall–Kier alpha value is -0.800. The summed E-state index contributed by atoms with van der Waals surface area (Å²) in [4.78, 5) is 12.7. The van der Waals surface area contributed by atoms with Gasteiger partial charge in [-0.25, -0.2) is 0 Å². The fraction of sp³-hybridized carbons (Fsp3) is 0.500. The van der Waals surface area contributed by atoms with Crippen molar-refractivity contribution in [3.63, 3.8) is 0 Å².